The number of rotatable bonds is 5. The van der Waals surface area contributed by atoms with Gasteiger partial charge in [0.1, 0.15) is 11.7 Å². The van der Waals surface area contributed by atoms with Crippen molar-refractivity contribution in [3.63, 3.8) is 0 Å². The minimum Gasteiger partial charge on any atom is -0.480 e. The Labute approximate surface area is 195 Å². The zero-order chi connectivity index (χ0) is 24.2. The van der Waals surface area contributed by atoms with Crippen molar-refractivity contribution >= 4 is 23.6 Å². The van der Waals surface area contributed by atoms with E-state index in [2.05, 4.69) is 15.2 Å². The number of nitrogens with zero attached hydrogens (tertiary/aromatic N) is 5. The lowest BCUT2D eigenvalue weighted by molar-refractivity contribution is -0.135. The summed E-state index contributed by atoms with van der Waals surface area (Å²) < 4.78 is 16.1. The second kappa shape index (κ2) is 9.73. The molecule has 0 saturated carbocycles. The largest absolute Gasteiger partial charge is 0.480 e. The number of aromatic nitrogens is 3. The van der Waals surface area contributed by atoms with E-state index in [9.17, 15) is 14.4 Å². The maximum Gasteiger partial charge on any atom is 0.344 e. The van der Waals surface area contributed by atoms with Crippen molar-refractivity contribution in [1.82, 2.24) is 25.0 Å². The number of carbonyl (C=O) groups is 3. The number of fused-ring (bicyclic) bond motifs is 1. The van der Waals surface area contributed by atoms with Crippen molar-refractivity contribution < 1.29 is 28.6 Å². The van der Waals surface area contributed by atoms with Crippen LogP contribution in [0.3, 0.4) is 0 Å². The fraction of sp³-hybridized carbons (Fsp3) is 0.364. The standard InChI is InChI=1S/C22H24N6O6/c1-32-17-11-14(19(33-2)26-25-17)21(30)34-16-5-3-4-10-27-18(29)12-15(13-6-8-24-9-7-13)28(20(16)27)22(23)31/h6-9,11-12,16,20H,3-5,10H2,1-2H3,(H2,23,31). The summed E-state index contributed by atoms with van der Waals surface area (Å²) >= 11 is 0. The maximum atomic E-state index is 13.2. The van der Waals surface area contributed by atoms with Crippen LogP contribution in [0.5, 0.6) is 11.8 Å². The quantitative estimate of drug-likeness (QED) is 0.638. The van der Waals surface area contributed by atoms with Crippen LogP contribution in [0.25, 0.3) is 5.70 Å². The highest BCUT2D eigenvalue weighted by molar-refractivity contribution is 6.01. The van der Waals surface area contributed by atoms with Gasteiger partial charge in [0.05, 0.1) is 19.9 Å². The van der Waals surface area contributed by atoms with Crippen LogP contribution in [0.1, 0.15) is 35.2 Å². The third-order valence-corrected chi connectivity index (χ3v) is 5.69. The van der Waals surface area contributed by atoms with E-state index < -0.39 is 24.3 Å². The first kappa shape index (κ1) is 23.0. The van der Waals surface area contributed by atoms with Gasteiger partial charge in [0.25, 0.3) is 0 Å². The molecule has 2 aromatic rings. The predicted molar refractivity (Wildman–Crippen MR) is 117 cm³/mol. The normalized spacial score (nSPS) is 20.1. The van der Waals surface area contributed by atoms with Gasteiger partial charge in [0, 0.05) is 36.6 Å². The van der Waals surface area contributed by atoms with Crippen LogP contribution in [0.15, 0.2) is 36.7 Å². The number of ether oxygens (including phenoxy) is 3. The van der Waals surface area contributed by atoms with Crippen molar-refractivity contribution in [2.45, 2.75) is 31.5 Å². The minimum absolute atomic E-state index is 0.00260. The smallest absolute Gasteiger partial charge is 0.344 e. The summed E-state index contributed by atoms with van der Waals surface area (Å²) in [5, 5.41) is 7.61. The van der Waals surface area contributed by atoms with Gasteiger partial charge in [-0.05, 0) is 31.4 Å². The molecule has 0 aromatic carbocycles. The van der Waals surface area contributed by atoms with Gasteiger partial charge in [-0.15, -0.1) is 10.2 Å². The van der Waals surface area contributed by atoms with Crippen LogP contribution in [-0.4, -0.2) is 75.9 Å². The first-order valence-electron chi connectivity index (χ1n) is 10.6. The first-order chi connectivity index (χ1) is 16.4. The van der Waals surface area contributed by atoms with E-state index in [-0.39, 0.29) is 23.2 Å². The molecule has 1 fully saturated rings. The number of primary amides is 1. The Bertz CT molecular complexity index is 1120. The highest BCUT2D eigenvalue weighted by Gasteiger charge is 2.45. The van der Waals surface area contributed by atoms with Crippen molar-refractivity contribution in [2.75, 3.05) is 20.8 Å². The average Bonchev–Trinajstić information content (AvgIpc) is 3.06. The number of carbonyl (C=O) groups excluding carboxylic acids is 3. The van der Waals surface area contributed by atoms with E-state index in [1.54, 1.807) is 24.5 Å². The molecule has 12 heteroatoms. The van der Waals surface area contributed by atoms with Gasteiger partial charge in [0.2, 0.25) is 17.7 Å². The highest BCUT2D eigenvalue weighted by Crippen LogP contribution is 2.34. The molecular formula is C22H24N6O6. The Morgan fingerprint density at radius 1 is 1.12 bits per heavy atom. The Morgan fingerprint density at radius 2 is 1.88 bits per heavy atom. The molecule has 2 N–H and O–H groups in total. The fourth-order valence-electron chi connectivity index (χ4n) is 4.14. The zero-order valence-corrected chi connectivity index (χ0v) is 18.7. The van der Waals surface area contributed by atoms with E-state index >= 15 is 0 Å². The fourth-order valence-corrected chi connectivity index (χ4v) is 4.14. The number of hydrogen-bond donors (Lipinski definition) is 1. The molecule has 3 amide bonds. The number of nitrogens with two attached hydrogens (primary N) is 1. The maximum absolute atomic E-state index is 13.2. The molecule has 4 rings (SSSR count). The predicted octanol–water partition coefficient (Wildman–Crippen LogP) is 1.19. The molecule has 2 aliphatic heterocycles. The van der Waals surface area contributed by atoms with E-state index in [0.717, 1.165) is 0 Å². The third kappa shape index (κ3) is 4.34. The second-order valence-corrected chi connectivity index (χ2v) is 7.67. The summed E-state index contributed by atoms with van der Waals surface area (Å²) in [5.41, 5.74) is 6.68. The Hall–Kier alpha value is -4.22. The number of esters is 1. The molecule has 2 aromatic heterocycles. The summed E-state index contributed by atoms with van der Waals surface area (Å²) in [5.74, 6) is -0.999. The molecule has 0 aliphatic carbocycles. The summed E-state index contributed by atoms with van der Waals surface area (Å²) in [6, 6.07) is 3.91. The van der Waals surface area contributed by atoms with E-state index in [1.165, 1.54) is 36.2 Å². The molecule has 2 aliphatic rings. The molecule has 1 saturated heterocycles. The third-order valence-electron chi connectivity index (χ3n) is 5.69. The van der Waals surface area contributed by atoms with Crippen LogP contribution < -0.4 is 15.2 Å². The van der Waals surface area contributed by atoms with Crippen LogP contribution in [0, 0.1) is 0 Å². The summed E-state index contributed by atoms with van der Waals surface area (Å²) in [4.78, 5) is 45.7. The Morgan fingerprint density at radius 3 is 2.56 bits per heavy atom. The van der Waals surface area contributed by atoms with Crippen LogP contribution in [0.4, 0.5) is 4.79 Å². The van der Waals surface area contributed by atoms with E-state index in [4.69, 9.17) is 19.9 Å². The van der Waals surface area contributed by atoms with Gasteiger partial charge in [0.15, 0.2) is 6.17 Å². The number of hydrogen-bond acceptors (Lipinski definition) is 9. The van der Waals surface area contributed by atoms with Gasteiger partial charge >= 0.3 is 12.0 Å². The van der Waals surface area contributed by atoms with Crippen molar-refractivity contribution in [1.29, 1.82) is 0 Å². The van der Waals surface area contributed by atoms with Crippen LogP contribution in [0.2, 0.25) is 0 Å². The summed E-state index contributed by atoms with van der Waals surface area (Å²) in [6.07, 6.45) is 4.43. The molecule has 178 valence electrons. The SMILES string of the molecule is COc1cc(C(=O)OC2CCCCN3C(=O)C=C(c4ccncc4)N(C(N)=O)C23)c(OC)nn1. The van der Waals surface area contributed by atoms with Crippen LogP contribution >= 0.6 is 0 Å². The molecule has 0 radical (unpaired) electrons. The van der Waals surface area contributed by atoms with Crippen molar-refractivity contribution in [3.8, 4) is 11.8 Å². The molecule has 0 spiro atoms. The van der Waals surface area contributed by atoms with Gasteiger partial charge in [-0.1, -0.05) is 0 Å². The average molecular weight is 468 g/mol. The lowest BCUT2D eigenvalue weighted by Crippen LogP contribution is -2.61. The number of pyridine rings is 1. The van der Waals surface area contributed by atoms with Gasteiger partial charge in [-0.3, -0.25) is 14.7 Å². The second-order valence-electron chi connectivity index (χ2n) is 7.67. The van der Waals surface area contributed by atoms with Gasteiger partial charge in [-0.25, -0.2) is 9.59 Å². The minimum atomic E-state index is -0.924. The lowest BCUT2D eigenvalue weighted by atomic mass is 10.0. The molecule has 4 heterocycles. The number of amides is 3. The summed E-state index contributed by atoms with van der Waals surface area (Å²) in [7, 11) is 2.74. The molecule has 12 nitrogen and oxygen atoms in total. The Kier molecular flexibility index (Phi) is 6.57. The number of urea groups is 1. The highest BCUT2D eigenvalue weighted by atomic mass is 16.5. The molecule has 2 atom stereocenters. The monoisotopic (exact) mass is 468 g/mol. The molecule has 2 unspecified atom stereocenters. The van der Waals surface area contributed by atoms with Gasteiger partial charge < -0.3 is 24.8 Å². The first-order valence-corrected chi connectivity index (χ1v) is 10.6. The van der Waals surface area contributed by atoms with E-state index in [0.29, 0.717) is 37.1 Å². The van der Waals surface area contributed by atoms with Crippen LogP contribution in [-0.2, 0) is 9.53 Å². The van der Waals surface area contributed by atoms with Gasteiger partial charge in [-0.2, -0.15) is 0 Å². The van der Waals surface area contributed by atoms with Crippen molar-refractivity contribution in [2.24, 2.45) is 5.73 Å². The molecule has 34 heavy (non-hydrogen) atoms. The topological polar surface area (TPSA) is 150 Å². The van der Waals surface area contributed by atoms with E-state index in [1.807, 2.05) is 0 Å². The molecule has 0 bridgehead atoms. The summed E-state index contributed by atoms with van der Waals surface area (Å²) in [6.45, 7) is 0.384. The zero-order valence-electron chi connectivity index (χ0n) is 18.7. The lowest BCUT2D eigenvalue weighted by Gasteiger charge is -2.44. The Balaban J connectivity index is 1.72. The molecular weight excluding hydrogens is 444 g/mol. The number of methoxy groups -OCH3 is 2. The van der Waals surface area contributed by atoms with Crippen molar-refractivity contribution in [3.05, 3.63) is 47.8 Å².